The van der Waals surface area contributed by atoms with Gasteiger partial charge in [0.15, 0.2) is 0 Å². The summed E-state index contributed by atoms with van der Waals surface area (Å²) in [7, 11) is 0. The molecule has 1 aliphatic rings. The normalized spacial score (nSPS) is 19.6. The zero-order valence-electron chi connectivity index (χ0n) is 13.5. The van der Waals surface area contributed by atoms with Crippen LogP contribution in [0.2, 0.25) is 0 Å². The van der Waals surface area contributed by atoms with E-state index in [0.717, 1.165) is 5.56 Å². The fraction of sp³-hybridized carbons (Fsp3) is 0.333. The van der Waals surface area contributed by atoms with E-state index in [1.807, 2.05) is 48.2 Å². The van der Waals surface area contributed by atoms with Crippen LogP contribution < -0.4 is 0 Å². The number of carbonyl (C=O) groups excluding carboxylic acids is 1. The number of hydrogen-bond donors (Lipinski definition) is 0. The molecule has 0 N–H and O–H groups in total. The Balaban J connectivity index is 1.83. The number of amides is 1. The lowest BCUT2D eigenvalue weighted by Gasteiger charge is -2.26. The third-order valence-electron chi connectivity index (χ3n) is 4.58. The van der Waals surface area contributed by atoms with E-state index in [2.05, 4.69) is 15.0 Å². The van der Waals surface area contributed by atoms with Gasteiger partial charge in [0, 0.05) is 17.7 Å². The van der Waals surface area contributed by atoms with Crippen LogP contribution >= 0.6 is 0 Å². The molecule has 0 radical (unpaired) electrons. The highest BCUT2D eigenvalue weighted by molar-refractivity contribution is 5.82. The second kappa shape index (κ2) is 7.15. The van der Waals surface area contributed by atoms with Crippen LogP contribution in [0.3, 0.4) is 0 Å². The number of benzene rings is 1. The Labute approximate surface area is 140 Å². The average Bonchev–Trinajstić information content (AvgIpc) is 3.02. The van der Waals surface area contributed by atoms with Crippen LogP contribution in [0.15, 0.2) is 59.8 Å². The number of azide groups is 1. The third-order valence-corrected chi connectivity index (χ3v) is 4.58. The summed E-state index contributed by atoms with van der Waals surface area (Å²) >= 11 is 0. The monoisotopic (exact) mass is 321 g/mol. The van der Waals surface area contributed by atoms with Crippen molar-refractivity contribution in [2.75, 3.05) is 6.54 Å². The quantitative estimate of drug-likeness (QED) is 0.473. The van der Waals surface area contributed by atoms with Gasteiger partial charge in [0.1, 0.15) is 0 Å². The minimum absolute atomic E-state index is 0.000789. The lowest BCUT2D eigenvalue weighted by molar-refractivity contribution is -0.133. The molecule has 3 atom stereocenters. The summed E-state index contributed by atoms with van der Waals surface area (Å²) in [6.45, 7) is 2.68. The molecule has 0 saturated carbocycles. The van der Waals surface area contributed by atoms with Crippen LogP contribution in [0, 0.1) is 5.92 Å². The molecule has 1 saturated heterocycles. The number of nitrogens with zero attached hydrogens (tertiary/aromatic N) is 5. The Morgan fingerprint density at radius 3 is 2.67 bits per heavy atom. The smallest absolute Gasteiger partial charge is 0.227 e. The maximum absolute atomic E-state index is 12.9. The van der Waals surface area contributed by atoms with Crippen molar-refractivity contribution in [3.8, 4) is 0 Å². The predicted octanol–water partition coefficient (Wildman–Crippen LogP) is 4.04. The molecule has 1 aromatic heterocycles. The van der Waals surface area contributed by atoms with Crippen molar-refractivity contribution in [2.45, 2.75) is 25.4 Å². The molecule has 122 valence electrons. The molecular formula is C18H19N5O. The summed E-state index contributed by atoms with van der Waals surface area (Å²) in [6, 6.07) is 14.8. The molecule has 2 heterocycles. The van der Waals surface area contributed by atoms with Crippen molar-refractivity contribution < 1.29 is 4.79 Å². The van der Waals surface area contributed by atoms with Crippen molar-refractivity contribution in [3.63, 3.8) is 0 Å². The maximum atomic E-state index is 12.9. The molecule has 6 nitrogen and oxygen atoms in total. The van der Waals surface area contributed by atoms with Gasteiger partial charge < -0.3 is 4.90 Å². The van der Waals surface area contributed by atoms with E-state index in [1.165, 1.54) is 0 Å². The maximum Gasteiger partial charge on any atom is 0.227 e. The minimum Gasteiger partial charge on any atom is -0.336 e. The fourth-order valence-corrected chi connectivity index (χ4v) is 3.27. The lowest BCUT2D eigenvalue weighted by Crippen LogP contribution is -2.31. The number of likely N-dealkylation sites (tertiary alicyclic amines) is 1. The van der Waals surface area contributed by atoms with Gasteiger partial charge >= 0.3 is 0 Å². The molecule has 1 amide bonds. The number of hydrogen-bond acceptors (Lipinski definition) is 3. The zero-order chi connectivity index (χ0) is 16.9. The number of carbonyl (C=O) groups is 1. The standard InChI is InChI=1S/C18H19N5O/c1-13(14-7-3-2-4-8-14)23-12-10-15(18(23)24)17(21-22-19)16-9-5-6-11-20-16/h2-9,11,13,15,17H,10,12H2,1H3/t13-,15?,17?/m1/s1. The predicted molar refractivity (Wildman–Crippen MR) is 90.8 cm³/mol. The largest absolute Gasteiger partial charge is 0.336 e. The van der Waals surface area contributed by atoms with Crippen LogP contribution in [0.1, 0.15) is 36.7 Å². The van der Waals surface area contributed by atoms with E-state index >= 15 is 0 Å². The second-order valence-electron chi connectivity index (χ2n) is 5.92. The van der Waals surface area contributed by atoms with Gasteiger partial charge in [-0.2, -0.15) is 0 Å². The first-order valence-electron chi connectivity index (χ1n) is 8.03. The van der Waals surface area contributed by atoms with Crippen molar-refractivity contribution in [3.05, 3.63) is 76.4 Å². The summed E-state index contributed by atoms with van der Waals surface area (Å²) in [5, 5.41) is 3.86. The van der Waals surface area contributed by atoms with E-state index in [4.69, 9.17) is 5.53 Å². The van der Waals surface area contributed by atoms with Gasteiger partial charge in [-0.25, -0.2) is 0 Å². The van der Waals surface area contributed by atoms with Gasteiger partial charge in [-0.15, -0.1) is 0 Å². The van der Waals surface area contributed by atoms with Crippen molar-refractivity contribution in [2.24, 2.45) is 11.0 Å². The van der Waals surface area contributed by atoms with E-state index in [0.29, 0.717) is 18.7 Å². The van der Waals surface area contributed by atoms with Crippen LogP contribution in [-0.4, -0.2) is 22.3 Å². The van der Waals surface area contributed by atoms with Gasteiger partial charge in [0.05, 0.1) is 23.7 Å². The third kappa shape index (κ3) is 3.09. The van der Waals surface area contributed by atoms with E-state index in [-0.39, 0.29) is 17.9 Å². The summed E-state index contributed by atoms with van der Waals surface area (Å²) in [6.07, 6.45) is 2.31. The van der Waals surface area contributed by atoms with Gasteiger partial charge in [0.25, 0.3) is 0 Å². The van der Waals surface area contributed by atoms with Gasteiger partial charge in [0.2, 0.25) is 5.91 Å². The Morgan fingerprint density at radius 1 is 1.25 bits per heavy atom. The molecule has 3 rings (SSSR count). The molecule has 1 aromatic carbocycles. The molecule has 2 unspecified atom stereocenters. The van der Waals surface area contributed by atoms with Crippen LogP contribution in [0.25, 0.3) is 10.4 Å². The van der Waals surface area contributed by atoms with Gasteiger partial charge in [-0.1, -0.05) is 41.5 Å². The van der Waals surface area contributed by atoms with Crippen molar-refractivity contribution in [1.82, 2.24) is 9.88 Å². The highest BCUT2D eigenvalue weighted by atomic mass is 16.2. The molecule has 0 spiro atoms. The van der Waals surface area contributed by atoms with Crippen molar-refractivity contribution in [1.29, 1.82) is 0 Å². The second-order valence-corrected chi connectivity index (χ2v) is 5.92. The average molecular weight is 321 g/mol. The molecule has 0 aliphatic carbocycles. The highest BCUT2D eigenvalue weighted by Crippen LogP contribution is 2.37. The first-order chi connectivity index (χ1) is 11.7. The van der Waals surface area contributed by atoms with Crippen molar-refractivity contribution >= 4 is 5.91 Å². The van der Waals surface area contributed by atoms with E-state index < -0.39 is 6.04 Å². The SMILES string of the molecule is C[C@H](c1ccccc1)N1CCC(C(N=[N+]=[N-])c2ccccn2)C1=O. The molecule has 0 bridgehead atoms. The minimum atomic E-state index is -0.559. The Morgan fingerprint density at radius 2 is 2.00 bits per heavy atom. The molecule has 1 aliphatic heterocycles. The Kier molecular flexibility index (Phi) is 4.77. The summed E-state index contributed by atoms with van der Waals surface area (Å²) < 4.78 is 0. The topological polar surface area (TPSA) is 82.0 Å². The van der Waals surface area contributed by atoms with Gasteiger partial charge in [-0.05, 0) is 36.6 Å². The van der Waals surface area contributed by atoms with Crippen LogP contribution in [0.4, 0.5) is 0 Å². The fourth-order valence-electron chi connectivity index (χ4n) is 3.27. The van der Waals surface area contributed by atoms with Crippen LogP contribution in [0.5, 0.6) is 0 Å². The highest BCUT2D eigenvalue weighted by Gasteiger charge is 2.40. The first-order valence-corrected chi connectivity index (χ1v) is 8.03. The summed E-state index contributed by atoms with van der Waals surface area (Å²) in [5.41, 5.74) is 10.6. The molecular weight excluding hydrogens is 302 g/mol. The Bertz CT molecular complexity index is 743. The van der Waals surface area contributed by atoms with Crippen LogP contribution in [-0.2, 0) is 4.79 Å². The number of aromatic nitrogens is 1. The lowest BCUT2D eigenvalue weighted by atomic mass is 9.95. The molecule has 6 heteroatoms. The van der Waals surface area contributed by atoms with Gasteiger partial charge in [-0.3, -0.25) is 9.78 Å². The molecule has 2 aromatic rings. The number of rotatable bonds is 5. The first kappa shape index (κ1) is 16.0. The van der Waals surface area contributed by atoms with E-state index in [9.17, 15) is 4.79 Å². The molecule has 24 heavy (non-hydrogen) atoms. The Hall–Kier alpha value is -2.85. The summed E-state index contributed by atoms with van der Waals surface area (Å²) in [5.74, 6) is -0.337. The number of pyridine rings is 1. The molecule has 1 fully saturated rings. The summed E-state index contributed by atoms with van der Waals surface area (Å²) in [4.78, 5) is 22.0. The van der Waals surface area contributed by atoms with E-state index in [1.54, 1.807) is 18.3 Å². The zero-order valence-corrected chi connectivity index (χ0v) is 13.5.